The summed E-state index contributed by atoms with van der Waals surface area (Å²) in [5.41, 5.74) is -1.08. The molecule has 0 spiro atoms. The van der Waals surface area contributed by atoms with Crippen LogP contribution in [0.1, 0.15) is 12.0 Å². The molecule has 1 aromatic carbocycles. The van der Waals surface area contributed by atoms with Gasteiger partial charge in [-0.2, -0.15) is 0 Å². The molecule has 0 aliphatic carbocycles. The SMILES string of the molecule is COC(=O)C1=NC=C(C(=O)NCc2c(F)cc(F)cc2F)C(=O)C1. The smallest absolute Gasteiger partial charge is 0.352 e. The number of ether oxygens (including phenoxy) is 1. The zero-order valence-electron chi connectivity index (χ0n) is 12.4. The van der Waals surface area contributed by atoms with E-state index in [-0.39, 0.29) is 11.3 Å². The van der Waals surface area contributed by atoms with Crippen LogP contribution in [0.15, 0.2) is 28.9 Å². The van der Waals surface area contributed by atoms with E-state index in [0.717, 1.165) is 13.3 Å². The Morgan fingerprint density at radius 2 is 1.88 bits per heavy atom. The van der Waals surface area contributed by atoms with Crippen LogP contribution in [-0.4, -0.2) is 30.5 Å². The number of benzene rings is 1. The average molecular weight is 340 g/mol. The molecule has 0 saturated carbocycles. The lowest BCUT2D eigenvalue weighted by Gasteiger charge is -2.12. The number of ketones is 1. The summed E-state index contributed by atoms with van der Waals surface area (Å²) in [4.78, 5) is 38.7. The minimum Gasteiger partial charge on any atom is -0.465 e. The first-order valence-electron chi connectivity index (χ1n) is 6.63. The van der Waals surface area contributed by atoms with E-state index in [1.807, 2.05) is 0 Å². The number of Topliss-reactive ketones (excluding diaryl/α,β-unsaturated/α-hetero) is 1. The number of hydrogen-bond donors (Lipinski definition) is 1. The molecule has 126 valence electrons. The van der Waals surface area contributed by atoms with Crippen molar-refractivity contribution in [3.05, 3.63) is 46.9 Å². The first-order chi connectivity index (χ1) is 11.3. The summed E-state index contributed by atoms with van der Waals surface area (Å²) in [6.07, 6.45) is 0.454. The molecule has 0 radical (unpaired) electrons. The molecule has 0 unspecified atom stereocenters. The van der Waals surface area contributed by atoms with Gasteiger partial charge in [0.2, 0.25) is 0 Å². The van der Waals surface area contributed by atoms with Crippen LogP contribution in [0.25, 0.3) is 0 Å². The van der Waals surface area contributed by atoms with E-state index in [1.54, 1.807) is 0 Å². The molecule has 1 amide bonds. The molecule has 6 nitrogen and oxygen atoms in total. The molecule has 9 heteroatoms. The van der Waals surface area contributed by atoms with Crippen molar-refractivity contribution in [3.63, 3.8) is 0 Å². The summed E-state index contributed by atoms with van der Waals surface area (Å²) in [7, 11) is 1.12. The van der Waals surface area contributed by atoms with Crippen molar-refractivity contribution in [2.75, 3.05) is 7.11 Å². The van der Waals surface area contributed by atoms with Crippen molar-refractivity contribution in [2.24, 2.45) is 4.99 Å². The molecule has 2 rings (SSSR count). The van der Waals surface area contributed by atoms with Crippen molar-refractivity contribution in [3.8, 4) is 0 Å². The third-order valence-corrected chi connectivity index (χ3v) is 3.18. The summed E-state index contributed by atoms with van der Waals surface area (Å²) in [6, 6.07) is 0.949. The second-order valence-corrected chi connectivity index (χ2v) is 4.74. The van der Waals surface area contributed by atoms with Crippen LogP contribution < -0.4 is 5.32 Å². The normalized spacial score (nSPS) is 13.9. The second kappa shape index (κ2) is 7.07. The molecular weight excluding hydrogens is 329 g/mol. The zero-order chi connectivity index (χ0) is 17.9. The van der Waals surface area contributed by atoms with E-state index in [1.165, 1.54) is 0 Å². The quantitative estimate of drug-likeness (QED) is 0.659. The van der Waals surface area contributed by atoms with Gasteiger partial charge in [0, 0.05) is 30.4 Å². The minimum atomic E-state index is -1.16. The molecule has 0 atom stereocenters. The van der Waals surface area contributed by atoms with Gasteiger partial charge in [0.25, 0.3) is 5.91 Å². The number of methoxy groups -OCH3 is 1. The van der Waals surface area contributed by atoms with Gasteiger partial charge in [0.05, 0.1) is 13.5 Å². The van der Waals surface area contributed by atoms with Crippen LogP contribution in [0, 0.1) is 17.5 Å². The highest BCUT2D eigenvalue weighted by Crippen LogP contribution is 2.15. The molecule has 0 fully saturated rings. The van der Waals surface area contributed by atoms with Gasteiger partial charge < -0.3 is 10.1 Å². The van der Waals surface area contributed by atoms with Gasteiger partial charge in [0.1, 0.15) is 28.7 Å². The number of carbonyl (C=O) groups is 3. The molecule has 1 aromatic rings. The molecule has 1 N–H and O–H groups in total. The maximum absolute atomic E-state index is 13.5. The van der Waals surface area contributed by atoms with Gasteiger partial charge in [0.15, 0.2) is 5.78 Å². The monoisotopic (exact) mass is 340 g/mol. The highest BCUT2D eigenvalue weighted by Gasteiger charge is 2.27. The van der Waals surface area contributed by atoms with Crippen LogP contribution >= 0.6 is 0 Å². The van der Waals surface area contributed by atoms with Crippen LogP contribution in [0.4, 0.5) is 13.2 Å². The summed E-state index contributed by atoms with van der Waals surface area (Å²) < 4.78 is 44.2. The number of hydrogen-bond acceptors (Lipinski definition) is 5. The molecule has 1 heterocycles. The van der Waals surface area contributed by atoms with Gasteiger partial charge in [-0.25, -0.2) is 18.0 Å². The Balaban J connectivity index is 2.11. The highest BCUT2D eigenvalue weighted by atomic mass is 19.1. The molecule has 1 aliphatic heterocycles. The number of aliphatic imine (C=N–C) groups is 1. The molecular formula is C15H11F3N2O4. The number of esters is 1. The number of halogens is 3. The molecule has 1 aliphatic rings. The summed E-state index contributed by atoms with van der Waals surface area (Å²) in [5, 5.41) is 2.14. The summed E-state index contributed by atoms with van der Waals surface area (Å²) >= 11 is 0. The molecule has 0 bridgehead atoms. The maximum atomic E-state index is 13.5. The zero-order valence-corrected chi connectivity index (χ0v) is 12.4. The summed E-state index contributed by atoms with van der Waals surface area (Å²) in [5.74, 6) is -5.83. The lowest BCUT2D eigenvalue weighted by molar-refractivity contribution is -0.133. The predicted molar refractivity (Wildman–Crippen MR) is 75.3 cm³/mol. The van der Waals surface area contributed by atoms with Crippen LogP contribution in [0.5, 0.6) is 0 Å². The fraction of sp³-hybridized carbons (Fsp3) is 0.200. The Labute approximate surface area is 134 Å². The van der Waals surface area contributed by atoms with Gasteiger partial charge in [-0.15, -0.1) is 0 Å². The van der Waals surface area contributed by atoms with E-state index >= 15 is 0 Å². The third kappa shape index (κ3) is 3.67. The fourth-order valence-electron chi connectivity index (χ4n) is 1.94. The fourth-order valence-corrected chi connectivity index (χ4v) is 1.94. The predicted octanol–water partition coefficient (Wildman–Crippen LogP) is 1.19. The second-order valence-electron chi connectivity index (χ2n) is 4.74. The van der Waals surface area contributed by atoms with Gasteiger partial charge in [-0.3, -0.25) is 14.6 Å². The topological polar surface area (TPSA) is 84.8 Å². The van der Waals surface area contributed by atoms with Crippen molar-refractivity contribution < 1.29 is 32.3 Å². The molecule has 24 heavy (non-hydrogen) atoms. The highest BCUT2D eigenvalue weighted by molar-refractivity contribution is 6.43. The standard InChI is InChI=1S/C15H11F3N2O4/c1-24-15(23)12-4-13(21)9(6-19-12)14(22)20-5-8-10(17)2-7(16)3-11(8)18/h2-3,6H,4-5H2,1H3,(H,20,22). The van der Waals surface area contributed by atoms with Crippen LogP contribution in [0.3, 0.4) is 0 Å². The Morgan fingerprint density at radius 1 is 1.25 bits per heavy atom. The van der Waals surface area contributed by atoms with E-state index in [4.69, 9.17) is 0 Å². The summed E-state index contributed by atoms with van der Waals surface area (Å²) in [6.45, 7) is -0.588. The Morgan fingerprint density at radius 3 is 2.42 bits per heavy atom. The van der Waals surface area contributed by atoms with Crippen molar-refractivity contribution in [1.82, 2.24) is 5.32 Å². The Bertz CT molecular complexity index is 764. The van der Waals surface area contributed by atoms with E-state index in [9.17, 15) is 27.6 Å². The number of rotatable bonds is 4. The minimum absolute atomic E-state index is 0.158. The lowest BCUT2D eigenvalue weighted by Crippen LogP contribution is -2.32. The number of carbonyl (C=O) groups excluding carboxylic acids is 3. The Hall–Kier alpha value is -2.97. The third-order valence-electron chi connectivity index (χ3n) is 3.18. The van der Waals surface area contributed by atoms with Gasteiger partial charge >= 0.3 is 5.97 Å². The average Bonchev–Trinajstić information content (AvgIpc) is 2.52. The number of nitrogens with one attached hydrogen (secondary N) is 1. The van der Waals surface area contributed by atoms with Crippen molar-refractivity contribution in [1.29, 1.82) is 0 Å². The number of nitrogens with zero attached hydrogens (tertiary/aromatic N) is 1. The largest absolute Gasteiger partial charge is 0.465 e. The van der Waals surface area contributed by atoms with Crippen molar-refractivity contribution in [2.45, 2.75) is 13.0 Å². The molecule has 0 aromatic heterocycles. The van der Waals surface area contributed by atoms with E-state index < -0.39 is 53.6 Å². The molecule has 0 saturated heterocycles. The first kappa shape index (κ1) is 17.4. The van der Waals surface area contributed by atoms with Crippen LogP contribution in [-0.2, 0) is 25.7 Å². The maximum Gasteiger partial charge on any atom is 0.352 e. The van der Waals surface area contributed by atoms with E-state index in [2.05, 4.69) is 15.0 Å². The van der Waals surface area contributed by atoms with E-state index in [0.29, 0.717) is 12.1 Å². The van der Waals surface area contributed by atoms with Crippen molar-refractivity contribution >= 4 is 23.4 Å². The lowest BCUT2D eigenvalue weighted by atomic mass is 10.0. The van der Waals surface area contributed by atoms with Crippen LogP contribution in [0.2, 0.25) is 0 Å². The van der Waals surface area contributed by atoms with Gasteiger partial charge in [-0.1, -0.05) is 0 Å². The number of amides is 1. The Kier molecular flexibility index (Phi) is 5.12. The van der Waals surface area contributed by atoms with Gasteiger partial charge in [-0.05, 0) is 0 Å². The first-order valence-corrected chi connectivity index (χ1v) is 6.63.